The van der Waals surface area contributed by atoms with E-state index in [1.54, 1.807) is 12.3 Å². The second kappa shape index (κ2) is 7.64. The van der Waals surface area contributed by atoms with Crippen molar-refractivity contribution in [1.29, 1.82) is 0 Å². The van der Waals surface area contributed by atoms with E-state index < -0.39 is 5.69 Å². The second-order valence-corrected chi connectivity index (χ2v) is 7.47. The SMILES string of the molecule is Cc1cc(C(C)(C)C)cc(C)c1CCNC(=O)Cn1cccnc1=O. The molecule has 1 N–H and O–H groups in total. The van der Waals surface area contributed by atoms with Gasteiger partial charge in [0.15, 0.2) is 0 Å². The molecule has 0 fully saturated rings. The normalized spacial score (nSPS) is 11.4. The molecule has 5 nitrogen and oxygen atoms in total. The van der Waals surface area contributed by atoms with Gasteiger partial charge in [0.25, 0.3) is 0 Å². The summed E-state index contributed by atoms with van der Waals surface area (Å²) in [6, 6.07) is 6.11. The maximum atomic E-state index is 12.0. The van der Waals surface area contributed by atoms with E-state index in [1.165, 1.54) is 33.0 Å². The molecule has 1 heterocycles. The van der Waals surface area contributed by atoms with Crippen LogP contribution in [0.3, 0.4) is 0 Å². The van der Waals surface area contributed by atoms with Crippen LogP contribution >= 0.6 is 0 Å². The van der Waals surface area contributed by atoms with Crippen LogP contribution in [0.2, 0.25) is 0 Å². The van der Waals surface area contributed by atoms with Crippen LogP contribution < -0.4 is 11.0 Å². The van der Waals surface area contributed by atoms with Gasteiger partial charge in [0, 0.05) is 18.9 Å². The fraction of sp³-hybridized carbons (Fsp3) is 0.450. The van der Waals surface area contributed by atoms with Crippen LogP contribution in [0, 0.1) is 13.8 Å². The van der Waals surface area contributed by atoms with Gasteiger partial charge in [0.1, 0.15) is 6.54 Å². The average molecular weight is 341 g/mol. The summed E-state index contributed by atoms with van der Waals surface area (Å²) in [6.45, 7) is 11.4. The van der Waals surface area contributed by atoms with Gasteiger partial charge in [0.05, 0.1) is 0 Å². The Labute approximate surface area is 149 Å². The summed E-state index contributed by atoms with van der Waals surface area (Å²) >= 11 is 0. The second-order valence-electron chi connectivity index (χ2n) is 7.47. The molecule has 0 aliphatic carbocycles. The van der Waals surface area contributed by atoms with Crippen LogP contribution in [0.1, 0.15) is 43.0 Å². The van der Waals surface area contributed by atoms with Crippen molar-refractivity contribution in [3.63, 3.8) is 0 Å². The van der Waals surface area contributed by atoms with E-state index in [-0.39, 0.29) is 17.9 Å². The molecule has 2 rings (SSSR count). The summed E-state index contributed by atoms with van der Waals surface area (Å²) in [5, 5.41) is 2.88. The number of amides is 1. The third-order valence-corrected chi connectivity index (χ3v) is 4.36. The number of carbonyl (C=O) groups is 1. The summed E-state index contributed by atoms with van der Waals surface area (Å²) in [4.78, 5) is 27.2. The number of aromatic nitrogens is 2. The Morgan fingerprint density at radius 3 is 2.40 bits per heavy atom. The van der Waals surface area contributed by atoms with Gasteiger partial charge in [0.2, 0.25) is 5.91 Å². The predicted molar refractivity (Wildman–Crippen MR) is 99.8 cm³/mol. The van der Waals surface area contributed by atoms with E-state index in [1.807, 2.05) is 0 Å². The van der Waals surface area contributed by atoms with Gasteiger partial charge in [-0.15, -0.1) is 0 Å². The van der Waals surface area contributed by atoms with Crippen molar-refractivity contribution in [1.82, 2.24) is 14.9 Å². The van der Waals surface area contributed by atoms with Gasteiger partial charge in [-0.05, 0) is 54.0 Å². The molecule has 0 saturated carbocycles. The van der Waals surface area contributed by atoms with Crippen LogP contribution in [0.4, 0.5) is 0 Å². The highest BCUT2D eigenvalue weighted by Crippen LogP contribution is 2.27. The third kappa shape index (κ3) is 5.02. The van der Waals surface area contributed by atoms with Gasteiger partial charge in [-0.2, -0.15) is 0 Å². The number of rotatable bonds is 5. The van der Waals surface area contributed by atoms with E-state index >= 15 is 0 Å². The molecule has 5 heteroatoms. The maximum absolute atomic E-state index is 12.0. The maximum Gasteiger partial charge on any atom is 0.347 e. The predicted octanol–water partition coefficient (Wildman–Crippen LogP) is 2.52. The first-order valence-corrected chi connectivity index (χ1v) is 8.57. The topological polar surface area (TPSA) is 64.0 Å². The van der Waals surface area contributed by atoms with Gasteiger partial charge in [-0.3, -0.25) is 9.36 Å². The molecule has 2 aromatic rings. The molecule has 1 aromatic carbocycles. The molecule has 0 atom stereocenters. The number of aryl methyl sites for hydroxylation is 2. The van der Waals surface area contributed by atoms with Crippen molar-refractivity contribution in [2.75, 3.05) is 6.54 Å². The number of nitrogens with one attached hydrogen (secondary N) is 1. The molecular weight excluding hydrogens is 314 g/mol. The molecule has 0 saturated heterocycles. The Morgan fingerprint density at radius 2 is 1.84 bits per heavy atom. The van der Waals surface area contributed by atoms with Crippen LogP contribution in [0.25, 0.3) is 0 Å². The first kappa shape index (κ1) is 18.9. The zero-order valence-corrected chi connectivity index (χ0v) is 15.7. The Bertz CT molecular complexity index is 793. The molecule has 1 aromatic heterocycles. The highest BCUT2D eigenvalue weighted by atomic mass is 16.2. The fourth-order valence-electron chi connectivity index (χ4n) is 2.87. The minimum Gasteiger partial charge on any atom is -0.354 e. The molecule has 134 valence electrons. The van der Waals surface area contributed by atoms with E-state index in [9.17, 15) is 9.59 Å². The highest BCUT2D eigenvalue weighted by Gasteiger charge is 2.16. The molecule has 0 aliphatic heterocycles. The van der Waals surface area contributed by atoms with Gasteiger partial charge in [-0.25, -0.2) is 9.78 Å². The van der Waals surface area contributed by atoms with Crippen LogP contribution in [-0.4, -0.2) is 22.0 Å². The van der Waals surface area contributed by atoms with Crippen molar-refractivity contribution in [3.05, 3.63) is 63.3 Å². The number of nitrogens with zero attached hydrogens (tertiary/aromatic N) is 2. The van der Waals surface area contributed by atoms with Crippen LogP contribution in [-0.2, 0) is 23.2 Å². The third-order valence-electron chi connectivity index (χ3n) is 4.36. The van der Waals surface area contributed by atoms with E-state index in [4.69, 9.17) is 0 Å². The van der Waals surface area contributed by atoms with Crippen LogP contribution in [0.15, 0.2) is 35.4 Å². The molecule has 0 aliphatic rings. The zero-order chi connectivity index (χ0) is 18.6. The number of benzene rings is 1. The first-order chi connectivity index (χ1) is 11.7. The van der Waals surface area contributed by atoms with E-state index in [0.29, 0.717) is 6.54 Å². The number of hydrogen-bond acceptors (Lipinski definition) is 3. The monoisotopic (exact) mass is 341 g/mol. The lowest BCUT2D eigenvalue weighted by atomic mass is 9.83. The standard InChI is InChI=1S/C20H27N3O2/c1-14-11-16(20(3,4)5)12-15(2)17(14)7-9-21-18(24)13-23-10-6-8-22-19(23)25/h6,8,10-12H,7,9,13H2,1-5H3,(H,21,24). The van der Waals surface area contributed by atoms with Gasteiger partial charge >= 0.3 is 5.69 Å². The molecule has 0 radical (unpaired) electrons. The molecule has 0 spiro atoms. The average Bonchev–Trinajstić information content (AvgIpc) is 2.51. The Morgan fingerprint density at radius 1 is 1.20 bits per heavy atom. The summed E-state index contributed by atoms with van der Waals surface area (Å²) < 4.78 is 1.30. The van der Waals surface area contributed by atoms with Crippen molar-refractivity contribution in [3.8, 4) is 0 Å². The van der Waals surface area contributed by atoms with Crippen molar-refractivity contribution in [2.24, 2.45) is 0 Å². The van der Waals surface area contributed by atoms with Crippen molar-refractivity contribution < 1.29 is 4.79 Å². The number of carbonyl (C=O) groups excluding carboxylic acids is 1. The molecule has 0 bridgehead atoms. The minimum atomic E-state index is -0.415. The van der Waals surface area contributed by atoms with Crippen molar-refractivity contribution in [2.45, 2.75) is 53.0 Å². The quantitative estimate of drug-likeness (QED) is 0.909. The lowest BCUT2D eigenvalue weighted by molar-refractivity contribution is -0.121. The Kier molecular flexibility index (Phi) is 5.77. The van der Waals surface area contributed by atoms with Crippen molar-refractivity contribution >= 4 is 5.91 Å². The Balaban J connectivity index is 1.97. The molecule has 0 unspecified atom stereocenters. The molecule has 1 amide bonds. The summed E-state index contributed by atoms with van der Waals surface area (Å²) in [5.74, 6) is -0.184. The lowest BCUT2D eigenvalue weighted by Crippen LogP contribution is -2.34. The fourth-order valence-corrected chi connectivity index (χ4v) is 2.87. The van der Waals surface area contributed by atoms with Gasteiger partial charge < -0.3 is 5.32 Å². The first-order valence-electron chi connectivity index (χ1n) is 8.57. The van der Waals surface area contributed by atoms with Crippen LogP contribution in [0.5, 0.6) is 0 Å². The number of hydrogen-bond donors (Lipinski definition) is 1. The highest BCUT2D eigenvalue weighted by molar-refractivity contribution is 5.75. The molecular formula is C20H27N3O2. The smallest absolute Gasteiger partial charge is 0.347 e. The lowest BCUT2D eigenvalue weighted by Gasteiger charge is -2.22. The Hall–Kier alpha value is -2.43. The summed E-state index contributed by atoms with van der Waals surface area (Å²) in [6.07, 6.45) is 3.76. The zero-order valence-electron chi connectivity index (χ0n) is 15.7. The van der Waals surface area contributed by atoms with E-state index in [0.717, 1.165) is 6.42 Å². The molecule has 25 heavy (non-hydrogen) atoms. The summed E-state index contributed by atoms with van der Waals surface area (Å²) in [7, 11) is 0. The largest absolute Gasteiger partial charge is 0.354 e. The van der Waals surface area contributed by atoms with Gasteiger partial charge in [-0.1, -0.05) is 32.9 Å². The minimum absolute atomic E-state index is 0.00635. The summed E-state index contributed by atoms with van der Waals surface area (Å²) in [5.41, 5.74) is 4.81. The van der Waals surface area contributed by atoms with E-state index in [2.05, 4.69) is 57.1 Å².